The van der Waals surface area contributed by atoms with Gasteiger partial charge in [-0.05, 0) is 42.0 Å². The van der Waals surface area contributed by atoms with E-state index in [-0.39, 0.29) is 22.3 Å². The smallest absolute Gasteiger partial charge is 0.326 e. The van der Waals surface area contributed by atoms with Crippen molar-refractivity contribution in [1.29, 1.82) is 0 Å². The molecular formula is C26H13Cl3F9N3O3. The Balaban J connectivity index is 1.53. The molecule has 1 saturated carbocycles. The second-order valence-corrected chi connectivity index (χ2v) is 11.1. The highest BCUT2D eigenvalue weighted by atomic mass is 35.5. The largest absolute Gasteiger partial charge is 0.471 e. The zero-order valence-corrected chi connectivity index (χ0v) is 23.3. The van der Waals surface area contributed by atoms with Gasteiger partial charge in [0.25, 0.3) is 5.91 Å². The molecule has 1 aliphatic rings. The number of benzene rings is 3. The second-order valence-electron chi connectivity index (χ2n) is 9.27. The zero-order valence-electron chi connectivity index (χ0n) is 21.0. The molecule has 3 amide bonds. The summed E-state index contributed by atoms with van der Waals surface area (Å²) in [6.45, 7) is 0. The van der Waals surface area contributed by atoms with Crippen molar-refractivity contribution in [3.8, 4) is 0 Å². The summed E-state index contributed by atoms with van der Waals surface area (Å²) in [4.78, 5) is 36.9. The number of carbonyl (C=O) groups is 3. The van der Waals surface area contributed by atoms with Crippen LogP contribution in [-0.4, -0.2) is 28.2 Å². The molecule has 3 aromatic rings. The first kappa shape index (κ1) is 33.2. The lowest BCUT2D eigenvalue weighted by molar-refractivity contribution is -0.167. The number of hydrogen-bond donors (Lipinski definition) is 3. The minimum atomic E-state index is -5.40. The SMILES string of the molecule is O=C(Nc1cc(NC(=O)C(F)(F)F)c(F)cc1F)c1cc(NC(=O)[C@H]2[C@H](c3ccc(F)c(C(F)(F)F)c3)C2(Cl)Cl)ccc1Cl. The highest BCUT2D eigenvalue weighted by Gasteiger charge is 2.67. The van der Waals surface area contributed by atoms with Gasteiger partial charge in [-0.15, -0.1) is 23.2 Å². The van der Waals surface area contributed by atoms with E-state index in [1.165, 1.54) is 11.4 Å². The summed E-state index contributed by atoms with van der Waals surface area (Å²) in [6.07, 6.45) is -10.4. The quantitative estimate of drug-likeness (QED) is 0.181. The molecule has 0 bridgehead atoms. The molecule has 0 spiro atoms. The lowest BCUT2D eigenvalue weighted by atomic mass is 10.0. The lowest BCUT2D eigenvalue weighted by Gasteiger charge is -2.13. The third-order valence-corrected chi connectivity index (χ3v) is 7.55. The maximum absolute atomic E-state index is 14.3. The van der Waals surface area contributed by atoms with Gasteiger partial charge in [-0.3, -0.25) is 14.4 Å². The summed E-state index contributed by atoms with van der Waals surface area (Å²) >= 11 is 18.3. The number of nitrogens with one attached hydrogen (secondary N) is 3. The fourth-order valence-corrected chi connectivity index (χ4v) is 5.17. The first-order chi connectivity index (χ1) is 20.2. The van der Waals surface area contributed by atoms with Gasteiger partial charge in [-0.25, -0.2) is 13.2 Å². The molecule has 0 radical (unpaired) electrons. The molecular weight excluding hydrogens is 680 g/mol. The van der Waals surface area contributed by atoms with E-state index in [0.29, 0.717) is 18.2 Å². The van der Waals surface area contributed by atoms with Crippen molar-refractivity contribution in [2.45, 2.75) is 22.6 Å². The van der Waals surface area contributed by atoms with Gasteiger partial charge in [-0.1, -0.05) is 17.7 Å². The van der Waals surface area contributed by atoms with Crippen LogP contribution in [0.5, 0.6) is 0 Å². The molecule has 6 nitrogen and oxygen atoms in total. The molecule has 0 unspecified atom stereocenters. The van der Waals surface area contributed by atoms with Crippen LogP contribution in [0.3, 0.4) is 0 Å². The number of hydrogen-bond acceptors (Lipinski definition) is 3. The Labute approximate surface area is 255 Å². The molecule has 234 valence electrons. The zero-order chi connectivity index (χ0) is 32.9. The van der Waals surface area contributed by atoms with Crippen molar-refractivity contribution in [2.75, 3.05) is 16.0 Å². The summed E-state index contributed by atoms with van der Waals surface area (Å²) in [5.41, 5.74) is -4.29. The summed E-state index contributed by atoms with van der Waals surface area (Å²) in [6, 6.07) is 5.79. The highest BCUT2D eigenvalue weighted by molar-refractivity contribution is 6.53. The van der Waals surface area contributed by atoms with Gasteiger partial charge in [0.1, 0.15) is 21.8 Å². The van der Waals surface area contributed by atoms with Crippen molar-refractivity contribution in [2.24, 2.45) is 5.92 Å². The van der Waals surface area contributed by atoms with E-state index in [9.17, 15) is 53.9 Å². The maximum Gasteiger partial charge on any atom is 0.471 e. The van der Waals surface area contributed by atoms with Gasteiger partial charge >= 0.3 is 18.3 Å². The van der Waals surface area contributed by atoms with Gasteiger partial charge in [-0.2, -0.15) is 26.3 Å². The highest BCUT2D eigenvalue weighted by Crippen LogP contribution is 2.65. The maximum atomic E-state index is 14.3. The van der Waals surface area contributed by atoms with Crippen molar-refractivity contribution in [3.05, 3.63) is 87.7 Å². The topological polar surface area (TPSA) is 87.3 Å². The molecule has 2 atom stereocenters. The van der Waals surface area contributed by atoms with Crippen LogP contribution in [0.25, 0.3) is 0 Å². The van der Waals surface area contributed by atoms with Gasteiger partial charge in [0, 0.05) is 17.7 Å². The first-order valence-corrected chi connectivity index (χ1v) is 12.9. The number of alkyl halides is 8. The Morgan fingerprint density at radius 3 is 1.95 bits per heavy atom. The molecule has 0 aliphatic heterocycles. The number of carbonyl (C=O) groups excluding carboxylic acids is 3. The number of amides is 3. The minimum absolute atomic E-state index is 0.106. The van der Waals surface area contributed by atoms with Gasteiger partial charge in [0.05, 0.1) is 33.4 Å². The Kier molecular flexibility index (Phi) is 8.81. The Morgan fingerprint density at radius 2 is 1.36 bits per heavy atom. The van der Waals surface area contributed by atoms with Gasteiger partial charge in [0.15, 0.2) is 0 Å². The molecule has 44 heavy (non-hydrogen) atoms. The van der Waals surface area contributed by atoms with Crippen LogP contribution >= 0.6 is 34.8 Å². The number of anilines is 3. The Hall–Kier alpha value is -3.69. The molecule has 18 heteroatoms. The summed E-state index contributed by atoms with van der Waals surface area (Å²) < 4.78 is 117. The molecule has 0 aromatic heterocycles. The molecule has 3 aromatic carbocycles. The minimum Gasteiger partial charge on any atom is -0.326 e. The molecule has 4 rings (SSSR count). The monoisotopic (exact) mass is 691 g/mol. The van der Waals surface area contributed by atoms with E-state index in [0.717, 1.165) is 18.2 Å². The Bertz CT molecular complexity index is 1680. The molecule has 1 fully saturated rings. The van der Waals surface area contributed by atoms with E-state index in [1.807, 2.05) is 5.32 Å². The molecule has 0 saturated heterocycles. The van der Waals surface area contributed by atoms with Crippen LogP contribution < -0.4 is 16.0 Å². The van der Waals surface area contributed by atoms with Gasteiger partial charge < -0.3 is 16.0 Å². The van der Waals surface area contributed by atoms with Gasteiger partial charge in [0.2, 0.25) is 5.91 Å². The average Bonchev–Trinajstić information content (AvgIpc) is 3.48. The van der Waals surface area contributed by atoms with Crippen LogP contribution in [0.15, 0.2) is 48.5 Å². The summed E-state index contributed by atoms with van der Waals surface area (Å²) in [5.74, 6) is -11.7. The Morgan fingerprint density at radius 1 is 0.750 bits per heavy atom. The standard InChI is InChI=1S/C26H13Cl3F9N3O3/c27-13-3-2-10(39-22(43)20-19(24(20,28)29)9-1-4-14(30)12(5-9)25(33,34)35)6-11(13)21(42)40-17-8-18(16(32)7-15(17)31)41-23(44)26(36,37)38/h1-8,19-20H,(H,39,43)(H,40,42)(H,41,44)/t19-,20+/m0/s1. The van der Waals surface area contributed by atoms with Crippen molar-refractivity contribution in [3.63, 3.8) is 0 Å². The number of rotatable bonds is 6. The van der Waals surface area contributed by atoms with E-state index in [1.54, 1.807) is 0 Å². The third kappa shape index (κ3) is 6.84. The van der Waals surface area contributed by atoms with Crippen LogP contribution in [0.2, 0.25) is 5.02 Å². The first-order valence-electron chi connectivity index (χ1n) is 11.7. The van der Waals surface area contributed by atoms with Crippen molar-refractivity contribution < 1.29 is 53.9 Å². The normalized spacial score (nSPS) is 17.5. The van der Waals surface area contributed by atoms with Crippen molar-refractivity contribution >= 4 is 69.6 Å². The predicted octanol–water partition coefficient (Wildman–Crippen LogP) is 8.06. The van der Waals surface area contributed by atoms with E-state index < -0.39 is 86.2 Å². The van der Waals surface area contributed by atoms with E-state index in [2.05, 4.69) is 5.32 Å². The van der Waals surface area contributed by atoms with E-state index >= 15 is 0 Å². The third-order valence-electron chi connectivity index (χ3n) is 6.28. The molecule has 1 aliphatic carbocycles. The van der Waals surface area contributed by atoms with Crippen LogP contribution in [0.4, 0.5) is 56.6 Å². The van der Waals surface area contributed by atoms with Crippen LogP contribution in [0.1, 0.15) is 27.4 Å². The summed E-state index contributed by atoms with van der Waals surface area (Å²) in [7, 11) is 0. The average molecular weight is 693 g/mol. The number of halogens is 12. The van der Waals surface area contributed by atoms with Crippen LogP contribution in [-0.2, 0) is 15.8 Å². The van der Waals surface area contributed by atoms with Crippen LogP contribution in [0, 0.1) is 23.4 Å². The fourth-order valence-electron chi connectivity index (χ4n) is 4.14. The second kappa shape index (κ2) is 11.7. The molecule has 3 N–H and O–H groups in total. The lowest BCUT2D eigenvalue weighted by Crippen LogP contribution is -2.30. The van der Waals surface area contributed by atoms with Crippen molar-refractivity contribution in [1.82, 2.24) is 0 Å². The fraction of sp³-hybridized carbons (Fsp3) is 0.192. The predicted molar refractivity (Wildman–Crippen MR) is 141 cm³/mol. The van der Waals surface area contributed by atoms with E-state index in [4.69, 9.17) is 34.8 Å². The molecule has 0 heterocycles. The summed E-state index contributed by atoms with van der Waals surface area (Å²) in [5, 5.41) is 5.22.